The summed E-state index contributed by atoms with van der Waals surface area (Å²) in [5, 5.41) is 0. The molecule has 0 atom stereocenters. The van der Waals surface area contributed by atoms with Gasteiger partial charge in [0.2, 0.25) is 0 Å². The molecule has 2 N–H and O–H groups in total. The van der Waals surface area contributed by atoms with Crippen molar-refractivity contribution in [3.63, 3.8) is 0 Å². The molecule has 16 heavy (non-hydrogen) atoms. The molecule has 0 fully saturated rings. The monoisotopic (exact) mass is 279 g/mol. The van der Waals surface area contributed by atoms with Crippen LogP contribution in [0, 0.1) is 5.82 Å². The third kappa shape index (κ3) is 2.15. The molecule has 0 unspecified atom stereocenters. The Labute approximate surface area is 102 Å². The van der Waals surface area contributed by atoms with E-state index in [1.165, 1.54) is 12.1 Å². The van der Waals surface area contributed by atoms with Crippen LogP contribution < -0.4 is 5.73 Å². The van der Waals surface area contributed by atoms with Crippen LogP contribution in [0.4, 0.5) is 4.39 Å². The Morgan fingerprint density at radius 2 is 1.81 bits per heavy atom. The van der Waals surface area contributed by atoms with Crippen molar-refractivity contribution < 1.29 is 4.39 Å². The van der Waals surface area contributed by atoms with Crippen molar-refractivity contribution in [3.8, 4) is 11.1 Å². The third-order valence-electron chi connectivity index (χ3n) is 2.46. The van der Waals surface area contributed by atoms with E-state index in [2.05, 4.69) is 15.9 Å². The summed E-state index contributed by atoms with van der Waals surface area (Å²) in [4.78, 5) is 0. The maximum absolute atomic E-state index is 13.2. The van der Waals surface area contributed by atoms with Gasteiger partial charge in [0.05, 0.1) is 0 Å². The molecule has 0 spiro atoms. The highest BCUT2D eigenvalue weighted by Crippen LogP contribution is 2.30. The standard InChI is InChI=1S/C13H11BrFN/c14-13-4-2-1-3-11(13)12-7-10(15)6-5-9(12)8-16/h1-7H,8,16H2. The van der Waals surface area contributed by atoms with Crippen molar-refractivity contribution in [1.29, 1.82) is 0 Å². The highest BCUT2D eigenvalue weighted by Gasteiger charge is 2.08. The molecule has 0 radical (unpaired) electrons. The van der Waals surface area contributed by atoms with Gasteiger partial charge in [0, 0.05) is 11.0 Å². The molecule has 0 heterocycles. The first-order valence-electron chi connectivity index (χ1n) is 4.96. The van der Waals surface area contributed by atoms with Gasteiger partial charge in [-0.25, -0.2) is 4.39 Å². The summed E-state index contributed by atoms with van der Waals surface area (Å²) < 4.78 is 14.2. The molecule has 0 saturated heterocycles. The second kappa shape index (κ2) is 4.76. The minimum atomic E-state index is -0.247. The van der Waals surface area contributed by atoms with Gasteiger partial charge in [0.15, 0.2) is 0 Å². The quantitative estimate of drug-likeness (QED) is 0.891. The predicted octanol–water partition coefficient (Wildman–Crippen LogP) is 3.71. The van der Waals surface area contributed by atoms with Crippen LogP contribution in [0.2, 0.25) is 0 Å². The average Bonchev–Trinajstić information content (AvgIpc) is 2.29. The Kier molecular flexibility index (Phi) is 3.36. The second-order valence-corrected chi connectivity index (χ2v) is 4.34. The molecular weight excluding hydrogens is 269 g/mol. The summed E-state index contributed by atoms with van der Waals surface area (Å²) >= 11 is 3.46. The lowest BCUT2D eigenvalue weighted by molar-refractivity contribution is 0.627. The summed E-state index contributed by atoms with van der Waals surface area (Å²) in [7, 11) is 0. The minimum Gasteiger partial charge on any atom is -0.326 e. The Morgan fingerprint density at radius 3 is 2.50 bits per heavy atom. The second-order valence-electron chi connectivity index (χ2n) is 3.49. The Hall–Kier alpha value is -1.19. The summed E-state index contributed by atoms with van der Waals surface area (Å²) in [5.41, 5.74) is 8.39. The van der Waals surface area contributed by atoms with Gasteiger partial charge in [-0.3, -0.25) is 0 Å². The molecule has 2 aromatic carbocycles. The van der Waals surface area contributed by atoms with Crippen LogP contribution in [0.3, 0.4) is 0 Å². The lowest BCUT2D eigenvalue weighted by atomic mass is 9.99. The van der Waals surface area contributed by atoms with E-state index in [0.717, 1.165) is 21.2 Å². The van der Waals surface area contributed by atoms with Gasteiger partial charge < -0.3 is 5.73 Å². The zero-order chi connectivity index (χ0) is 11.5. The lowest BCUT2D eigenvalue weighted by Crippen LogP contribution is -1.99. The molecule has 0 amide bonds. The van der Waals surface area contributed by atoms with Gasteiger partial charge in [-0.15, -0.1) is 0 Å². The van der Waals surface area contributed by atoms with Crippen molar-refractivity contribution in [2.45, 2.75) is 6.54 Å². The summed E-state index contributed by atoms with van der Waals surface area (Å²) in [6.45, 7) is 0.400. The first kappa shape index (κ1) is 11.3. The zero-order valence-electron chi connectivity index (χ0n) is 8.58. The third-order valence-corrected chi connectivity index (χ3v) is 3.15. The van der Waals surface area contributed by atoms with Crippen molar-refractivity contribution >= 4 is 15.9 Å². The van der Waals surface area contributed by atoms with Crippen molar-refractivity contribution in [3.05, 3.63) is 58.3 Å². The zero-order valence-corrected chi connectivity index (χ0v) is 10.2. The molecule has 1 nitrogen and oxygen atoms in total. The Balaban J connectivity index is 2.63. The van der Waals surface area contributed by atoms with Crippen molar-refractivity contribution in [2.75, 3.05) is 0 Å². The number of nitrogens with two attached hydrogens (primary N) is 1. The molecule has 3 heteroatoms. The maximum atomic E-state index is 13.2. The molecule has 0 aliphatic heterocycles. The van der Waals surface area contributed by atoms with Crippen molar-refractivity contribution in [2.24, 2.45) is 5.73 Å². The number of rotatable bonds is 2. The van der Waals surface area contributed by atoms with Crippen molar-refractivity contribution in [1.82, 2.24) is 0 Å². The van der Waals surface area contributed by atoms with E-state index >= 15 is 0 Å². The fourth-order valence-corrected chi connectivity index (χ4v) is 2.16. The van der Waals surface area contributed by atoms with Gasteiger partial charge in [0.1, 0.15) is 5.82 Å². The van der Waals surface area contributed by atoms with E-state index < -0.39 is 0 Å². The highest BCUT2D eigenvalue weighted by atomic mass is 79.9. The number of hydrogen-bond acceptors (Lipinski definition) is 1. The summed E-state index contributed by atoms with van der Waals surface area (Å²) in [6, 6.07) is 12.4. The molecule has 0 aromatic heterocycles. The van der Waals surface area contributed by atoms with Gasteiger partial charge in [-0.1, -0.05) is 40.2 Å². The number of halogens is 2. The number of hydrogen-bond donors (Lipinski definition) is 1. The van der Waals surface area contributed by atoms with E-state index in [1.54, 1.807) is 6.07 Å². The SMILES string of the molecule is NCc1ccc(F)cc1-c1ccccc1Br. The lowest BCUT2D eigenvalue weighted by Gasteiger charge is -2.09. The van der Waals surface area contributed by atoms with Crippen LogP contribution in [-0.2, 0) is 6.54 Å². The smallest absolute Gasteiger partial charge is 0.123 e. The van der Waals surface area contributed by atoms with Gasteiger partial charge >= 0.3 is 0 Å². The minimum absolute atomic E-state index is 0.247. The molecule has 0 aliphatic rings. The maximum Gasteiger partial charge on any atom is 0.123 e. The van der Waals surface area contributed by atoms with Crippen LogP contribution >= 0.6 is 15.9 Å². The first-order chi connectivity index (χ1) is 7.72. The largest absolute Gasteiger partial charge is 0.326 e. The van der Waals surface area contributed by atoms with E-state index in [0.29, 0.717) is 6.54 Å². The van der Waals surface area contributed by atoms with Crippen LogP contribution in [0.1, 0.15) is 5.56 Å². The van der Waals surface area contributed by atoms with Crippen LogP contribution in [0.25, 0.3) is 11.1 Å². The molecule has 2 aromatic rings. The first-order valence-corrected chi connectivity index (χ1v) is 5.75. The molecule has 0 saturated carbocycles. The van der Waals surface area contributed by atoms with Crippen LogP contribution in [0.5, 0.6) is 0 Å². The fourth-order valence-electron chi connectivity index (χ4n) is 1.66. The van der Waals surface area contributed by atoms with Gasteiger partial charge in [-0.05, 0) is 34.9 Å². The molecule has 0 aliphatic carbocycles. The summed E-state index contributed by atoms with van der Waals surface area (Å²) in [5.74, 6) is -0.247. The highest BCUT2D eigenvalue weighted by molar-refractivity contribution is 9.10. The Bertz CT molecular complexity index is 511. The fraction of sp³-hybridized carbons (Fsp3) is 0.0769. The molecule has 2 rings (SSSR count). The van der Waals surface area contributed by atoms with E-state index in [9.17, 15) is 4.39 Å². The average molecular weight is 280 g/mol. The predicted molar refractivity (Wildman–Crippen MR) is 67.4 cm³/mol. The normalized spacial score (nSPS) is 10.4. The van der Waals surface area contributed by atoms with E-state index in [4.69, 9.17) is 5.73 Å². The molecule has 82 valence electrons. The van der Waals surface area contributed by atoms with Gasteiger partial charge in [0.25, 0.3) is 0 Å². The van der Waals surface area contributed by atoms with E-state index in [-0.39, 0.29) is 5.82 Å². The topological polar surface area (TPSA) is 26.0 Å². The Morgan fingerprint density at radius 1 is 1.06 bits per heavy atom. The number of benzene rings is 2. The molecular formula is C13H11BrFN. The molecule has 0 bridgehead atoms. The van der Waals surface area contributed by atoms with Gasteiger partial charge in [-0.2, -0.15) is 0 Å². The van der Waals surface area contributed by atoms with Crippen LogP contribution in [-0.4, -0.2) is 0 Å². The van der Waals surface area contributed by atoms with E-state index in [1.807, 2.05) is 24.3 Å². The van der Waals surface area contributed by atoms with Crippen LogP contribution in [0.15, 0.2) is 46.9 Å². The summed E-state index contributed by atoms with van der Waals surface area (Å²) in [6.07, 6.45) is 0.